The van der Waals surface area contributed by atoms with Gasteiger partial charge in [0.1, 0.15) is 5.82 Å². The number of carbonyl (C=O) groups excluding carboxylic acids is 1. The van der Waals surface area contributed by atoms with E-state index in [2.05, 4.69) is 39.2 Å². The van der Waals surface area contributed by atoms with Crippen molar-refractivity contribution < 1.29 is 4.79 Å². The van der Waals surface area contributed by atoms with Gasteiger partial charge < -0.3 is 15.1 Å². The molecule has 1 saturated heterocycles. The van der Waals surface area contributed by atoms with Crippen molar-refractivity contribution in [3.8, 4) is 0 Å². The molecule has 0 spiro atoms. The van der Waals surface area contributed by atoms with Crippen molar-refractivity contribution in [1.29, 1.82) is 0 Å². The monoisotopic (exact) mass is 336 g/mol. The lowest BCUT2D eigenvalue weighted by molar-refractivity contribution is -0.123. The first-order valence-corrected chi connectivity index (χ1v) is 8.90. The summed E-state index contributed by atoms with van der Waals surface area (Å²) in [7, 11) is 3.82. The van der Waals surface area contributed by atoms with Crippen molar-refractivity contribution >= 4 is 5.91 Å². The maximum Gasteiger partial charge on any atom is 0.234 e. The van der Waals surface area contributed by atoms with E-state index in [0.29, 0.717) is 12.5 Å². The molecule has 2 rings (SSSR count). The van der Waals surface area contributed by atoms with E-state index in [1.165, 1.54) is 6.42 Å². The molecule has 1 aromatic rings. The molecule has 7 nitrogen and oxygen atoms in total. The first-order chi connectivity index (χ1) is 11.3. The fourth-order valence-corrected chi connectivity index (χ4v) is 3.18. The fourth-order valence-electron chi connectivity index (χ4n) is 3.18. The summed E-state index contributed by atoms with van der Waals surface area (Å²) in [6, 6.07) is 0.0635. The van der Waals surface area contributed by atoms with Crippen molar-refractivity contribution in [2.45, 2.75) is 45.6 Å². The lowest BCUT2D eigenvalue weighted by Gasteiger charge is -2.38. The van der Waals surface area contributed by atoms with Gasteiger partial charge in [0, 0.05) is 12.5 Å². The Morgan fingerprint density at radius 3 is 2.79 bits per heavy atom. The van der Waals surface area contributed by atoms with Gasteiger partial charge in [-0.2, -0.15) is 5.10 Å². The number of aryl methyl sites for hydroxylation is 1. The Morgan fingerprint density at radius 2 is 2.21 bits per heavy atom. The second-order valence-corrected chi connectivity index (χ2v) is 7.57. The molecule has 0 radical (unpaired) electrons. The summed E-state index contributed by atoms with van der Waals surface area (Å²) in [5, 5.41) is 10.5. The first kappa shape index (κ1) is 18.9. The van der Waals surface area contributed by atoms with Crippen molar-refractivity contribution in [3.05, 3.63) is 11.6 Å². The second kappa shape index (κ2) is 8.58. The van der Waals surface area contributed by atoms with E-state index in [-0.39, 0.29) is 17.9 Å². The van der Waals surface area contributed by atoms with E-state index in [9.17, 15) is 4.79 Å². The Morgan fingerprint density at radius 1 is 1.46 bits per heavy atom. The number of nitrogens with one attached hydrogen (secondary N) is 2. The van der Waals surface area contributed by atoms with Crippen LogP contribution in [0, 0.1) is 12.8 Å². The molecule has 0 aliphatic carbocycles. The van der Waals surface area contributed by atoms with Gasteiger partial charge in [0.2, 0.25) is 5.91 Å². The van der Waals surface area contributed by atoms with Crippen LogP contribution in [0.25, 0.3) is 0 Å². The van der Waals surface area contributed by atoms with Gasteiger partial charge >= 0.3 is 0 Å². The van der Waals surface area contributed by atoms with Crippen LogP contribution in [0.3, 0.4) is 0 Å². The topological polar surface area (TPSA) is 77.2 Å². The summed E-state index contributed by atoms with van der Waals surface area (Å²) in [5.74, 6) is 2.58. The number of H-pyrrole nitrogens is 1. The van der Waals surface area contributed by atoms with Crippen molar-refractivity contribution in [1.82, 2.24) is 30.3 Å². The van der Waals surface area contributed by atoms with Crippen molar-refractivity contribution in [2.75, 3.05) is 40.3 Å². The van der Waals surface area contributed by atoms with E-state index in [0.717, 1.165) is 37.7 Å². The minimum atomic E-state index is 0.0629. The molecule has 0 saturated carbocycles. The number of aromatic amines is 1. The van der Waals surface area contributed by atoms with Gasteiger partial charge in [0.15, 0.2) is 5.82 Å². The second-order valence-electron chi connectivity index (χ2n) is 7.57. The Balaban J connectivity index is 2.04. The molecule has 2 heterocycles. The Hall–Kier alpha value is -1.47. The van der Waals surface area contributed by atoms with Crippen LogP contribution in [0.15, 0.2) is 0 Å². The minimum Gasteiger partial charge on any atom is -0.350 e. The molecule has 24 heavy (non-hydrogen) atoms. The molecule has 2 atom stereocenters. The molecule has 2 N–H and O–H groups in total. The molecule has 1 aliphatic heterocycles. The molecule has 1 amide bonds. The number of carbonyl (C=O) groups is 1. The maximum atomic E-state index is 12.3. The molecule has 1 aliphatic rings. The molecule has 0 aromatic carbocycles. The van der Waals surface area contributed by atoms with Crippen LogP contribution in [-0.2, 0) is 4.79 Å². The molecule has 1 aromatic heterocycles. The smallest absolute Gasteiger partial charge is 0.234 e. The summed E-state index contributed by atoms with van der Waals surface area (Å²) in [4.78, 5) is 21.1. The summed E-state index contributed by atoms with van der Waals surface area (Å²) < 4.78 is 0. The number of nitrogens with zero attached hydrogens (tertiary/aromatic N) is 4. The average molecular weight is 336 g/mol. The SMILES string of the molecule is Cc1nc([C@H]2CCN(CCC(C)C)C[C@H]2NC(=O)CN(C)C)n[nH]1. The number of rotatable bonds is 7. The van der Waals surface area contributed by atoms with Gasteiger partial charge in [-0.25, -0.2) is 4.98 Å². The van der Waals surface area contributed by atoms with Crippen molar-refractivity contribution in [3.63, 3.8) is 0 Å². The first-order valence-electron chi connectivity index (χ1n) is 8.90. The van der Waals surface area contributed by atoms with Crippen LogP contribution in [0.1, 0.15) is 44.3 Å². The van der Waals surface area contributed by atoms with Gasteiger partial charge in [0.25, 0.3) is 0 Å². The van der Waals surface area contributed by atoms with E-state index in [4.69, 9.17) is 0 Å². The Bertz CT molecular complexity index is 527. The zero-order valence-electron chi connectivity index (χ0n) is 15.7. The highest BCUT2D eigenvalue weighted by Gasteiger charge is 2.33. The number of aromatic nitrogens is 3. The molecule has 0 bridgehead atoms. The van der Waals surface area contributed by atoms with Crippen LogP contribution < -0.4 is 5.32 Å². The Kier molecular flexibility index (Phi) is 6.74. The third kappa shape index (κ3) is 5.56. The Labute approximate surface area is 145 Å². The van der Waals surface area contributed by atoms with Gasteiger partial charge in [-0.1, -0.05) is 13.8 Å². The van der Waals surface area contributed by atoms with Crippen LogP contribution >= 0.6 is 0 Å². The number of hydrogen-bond donors (Lipinski definition) is 2. The van der Waals surface area contributed by atoms with Gasteiger partial charge in [-0.05, 0) is 52.9 Å². The average Bonchev–Trinajstić information content (AvgIpc) is 2.90. The van der Waals surface area contributed by atoms with E-state index >= 15 is 0 Å². The molecular formula is C17H32N6O. The van der Waals surface area contributed by atoms with E-state index in [1.807, 2.05) is 25.9 Å². The van der Waals surface area contributed by atoms with E-state index in [1.54, 1.807) is 0 Å². The highest BCUT2D eigenvalue weighted by atomic mass is 16.2. The van der Waals surface area contributed by atoms with Gasteiger partial charge in [0.05, 0.1) is 12.6 Å². The van der Waals surface area contributed by atoms with Crippen LogP contribution in [0.2, 0.25) is 0 Å². The zero-order chi connectivity index (χ0) is 17.7. The summed E-state index contributed by atoms with van der Waals surface area (Å²) in [6.07, 6.45) is 2.16. The number of hydrogen-bond acceptors (Lipinski definition) is 5. The van der Waals surface area contributed by atoms with E-state index < -0.39 is 0 Å². The largest absolute Gasteiger partial charge is 0.350 e. The van der Waals surface area contributed by atoms with Crippen LogP contribution in [-0.4, -0.2) is 77.2 Å². The number of piperidine rings is 1. The molecule has 7 heteroatoms. The predicted octanol–water partition coefficient (Wildman–Crippen LogP) is 0.995. The predicted molar refractivity (Wildman–Crippen MR) is 94.9 cm³/mol. The number of likely N-dealkylation sites (N-methyl/N-ethyl adjacent to an activating group) is 1. The fraction of sp³-hybridized carbons (Fsp3) is 0.824. The van der Waals surface area contributed by atoms with Gasteiger partial charge in [-0.3, -0.25) is 9.89 Å². The van der Waals surface area contributed by atoms with Crippen LogP contribution in [0.4, 0.5) is 0 Å². The third-order valence-electron chi connectivity index (χ3n) is 4.47. The lowest BCUT2D eigenvalue weighted by atomic mass is 9.90. The maximum absolute atomic E-state index is 12.3. The number of likely N-dealkylation sites (tertiary alicyclic amines) is 1. The standard InChI is InChI=1S/C17H32N6O/c1-12(2)6-8-23-9-7-14(17-18-13(3)20-21-17)15(10-23)19-16(24)11-22(4)5/h12,14-15H,6-11H2,1-5H3,(H,19,24)(H,18,20,21)/t14-,15+/m0/s1. The van der Waals surface area contributed by atoms with Crippen molar-refractivity contribution in [2.24, 2.45) is 5.92 Å². The highest BCUT2D eigenvalue weighted by Crippen LogP contribution is 2.26. The third-order valence-corrected chi connectivity index (χ3v) is 4.47. The van der Waals surface area contributed by atoms with Crippen LogP contribution in [0.5, 0.6) is 0 Å². The summed E-state index contributed by atoms with van der Waals surface area (Å²) in [6.45, 7) is 9.79. The molecule has 136 valence electrons. The normalized spacial score (nSPS) is 22.3. The molecule has 1 fully saturated rings. The summed E-state index contributed by atoms with van der Waals surface area (Å²) >= 11 is 0. The minimum absolute atomic E-state index is 0.0629. The zero-order valence-corrected chi connectivity index (χ0v) is 15.7. The molecule has 0 unspecified atom stereocenters. The number of amides is 1. The lowest BCUT2D eigenvalue weighted by Crippen LogP contribution is -2.53. The highest BCUT2D eigenvalue weighted by molar-refractivity contribution is 5.78. The van der Waals surface area contributed by atoms with Gasteiger partial charge in [-0.15, -0.1) is 0 Å². The summed E-state index contributed by atoms with van der Waals surface area (Å²) in [5.41, 5.74) is 0. The quantitative estimate of drug-likeness (QED) is 0.777. The molecular weight excluding hydrogens is 304 g/mol.